The Balaban J connectivity index is 2.40. The topological polar surface area (TPSA) is 32.3 Å². The van der Waals surface area contributed by atoms with Crippen molar-refractivity contribution in [2.45, 2.75) is 33.7 Å². The van der Waals surface area contributed by atoms with Gasteiger partial charge in [-0.05, 0) is 27.3 Å². The largest absolute Gasteiger partial charge is 0.353 e. The molecule has 0 aromatic heterocycles. The van der Waals surface area contributed by atoms with E-state index in [1.165, 1.54) is 0 Å². The molecule has 3 nitrogen and oxygen atoms in total. The molecule has 0 aromatic rings. The van der Waals surface area contributed by atoms with Crippen LogP contribution < -0.4 is 5.32 Å². The second-order valence-corrected chi connectivity index (χ2v) is 4.49. The molecule has 1 fully saturated rings. The molecule has 3 heteroatoms. The van der Waals surface area contributed by atoms with Crippen molar-refractivity contribution in [1.82, 2.24) is 10.2 Å². The summed E-state index contributed by atoms with van der Waals surface area (Å²) in [6.45, 7) is 11.0. The van der Waals surface area contributed by atoms with Crippen LogP contribution in [0.15, 0.2) is 0 Å². The summed E-state index contributed by atoms with van der Waals surface area (Å²) in [5, 5.41) is 2.96. The molecule has 1 heterocycles. The summed E-state index contributed by atoms with van der Waals surface area (Å²) in [5.41, 5.74) is -0.139. The molecule has 0 saturated carbocycles. The summed E-state index contributed by atoms with van der Waals surface area (Å²) in [7, 11) is 0. The van der Waals surface area contributed by atoms with E-state index in [-0.39, 0.29) is 17.4 Å². The fourth-order valence-electron chi connectivity index (χ4n) is 1.74. The Morgan fingerprint density at radius 1 is 1.54 bits per heavy atom. The molecule has 0 atom stereocenters. The van der Waals surface area contributed by atoms with E-state index in [1.54, 1.807) is 0 Å². The number of carbonyl (C=O) groups excluding carboxylic acids is 1. The lowest BCUT2D eigenvalue weighted by Crippen LogP contribution is -2.62. The molecule has 1 aliphatic heterocycles. The molecule has 1 aliphatic rings. The quantitative estimate of drug-likeness (QED) is 0.705. The molecule has 13 heavy (non-hydrogen) atoms. The van der Waals surface area contributed by atoms with Gasteiger partial charge in [0.2, 0.25) is 5.91 Å². The number of carbonyl (C=O) groups is 1. The maximum Gasteiger partial charge on any atom is 0.228 e. The van der Waals surface area contributed by atoms with E-state index in [4.69, 9.17) is 0 Å². The molecule has 0 bridgehead atoms. The zero-order chi connectivity index (χ0) is 10.1. The molecular formula is C10H20N2O. The Morgan fingerprint density at radius 2 is 2.08 bits per heavy atom. The number of hydrogen-bond donors (Lipinski definition) is 1. The van der Waals surface area contributed by atoms with Gasteiger partial charge in [0.05, 0.1) is 5.41 Å². The van der Waals surface area contributed by atoms with Crippen LogP contribution in [-0.4, -0.2) is 36.5 Å². The van der Waals surface area contributed by atoms with Gasteiger partial charge in [0, 0.05) is 19.1 Å². The molecule has 0 aromatic carbocycles. The average molecular weight is 184 g/mol. The zero-order valence-electron chi connectivity index (χ0n) is 9.05. The number of hydrogen-bond acceptors (Lipinski definition) is 2. The van der Waals surface area contributed by atoms with Gasteiger partial charge in [0.1, 0.15) is 0 Å². The van der Waals surface area contributed by atoms with Crippen molar-refractivity contribution >= 4 is 5.91 Å². The van der Waals surface area contributed by atoms with Crippen molar-refractivity contribution in [1.29, 1.82) is 0 Å². The lowest BCUT2D eigenvalue weighted by atomic mass is 9.81. The maximum absolute atomic E-state index is 11.7. The van der Waals surface area contributed by atoms with E-state index < -0.39 is 0 Å². The van der Waals surface area contributed by atoms with Gasteiger partial charge >= 0.3 is 0 Å². The van der Waals surface area contributed by atoms with Crippen LogP contribution in [0, 0.1) is 5.41 Å². The number of nitrogens with one attached hydrogen (secondary N) is 1. The van der Waals surface area contributed by atoms with Gasteiger partial charge < -0.3 is 10.2 Å². The van der Waals surface area contributed by atoms with Gasteiger partial charge in [0.25, 0.3) is 0 Å². The van der Waals surface area contributed by atoms with Crippen LogP contribution in [0.1, 0.15) is 27.7 Å². The summed E-state index contributed by atoms with van der Waals surface area (Å²) in [5.74, 6) is 0.201. The van der Waals surface area contributed by atoms with E-state index in [2.05, 4.69) is 17.1 Å². The second-order valence-electron chi connectivity index (χ2n) is 4.49. The molecule has 0 spiro atoms. The Hall–Kier alpha value is -0.570. The Labute approximate surface area is 80.5 Å². The first-order valence-electron chi connectivity index (χ1n) is 5.01. The smallest absolute Gasteiger partial charge is 0.228 e. The molecule has 0 unspecified atom stereocenters. The van der Waals surface area contributed by atoms with E-state index >= 15 is 0 Å². The average Bonchev–Trinajstić information content (AvgIpc) is 1.97. The third kappa shape index (κ3) is 2.21. The minimum atomic E-state index is -0.139. The highest BCUT2D eigenvalue weighted by atomic mass is 16.2. The van der Waals surface area contributed by atoms with Gasteiger partial charge in [-0.2, -0.15) is 0 Å². The van der Waals surface area contributed by atoms with Crippen LogP contribution >= 0.6 is 0 Å². The Bertz CT molecular complexity index is 195. The molecule has 1 rings (SSSR count). The SMILES string of the molecule is CCN1CC(C)(C(=O)NC(C)C)C1. The minimum Gasteiger partial charge on any atom is -0.353 e. The normalized spacial score (nSPS) is 21.3. The lowest BCUT2D eigenvalue weighted by molar-refractivity contribution is -0.140. The van der Waals surface area contributed by atoms with Crippen molar-refractivity contribution in [2.24, 2.45) is 5.41 Å². The standard InChI is InChI=1S/C10H20N2O/c1-5-12-6-10(4,7-12)9(13)11-8(2)3/h8H,5-7H2,1-4H3,(H,11,13). The van der Waals surface area contributed by atoms with Crippen LogP contribution in [0.4, 0.5) is 0 Å². The van der Waals surface area contributed by atoms with Crippen LogP contribution in [0.25, 0.3) is 0 Å². The highest BCUT2D eigenvalue weighted by Crippen LogP contribution is 2.29. The number of rotatable bonds is 3. The van der Waals surface area contributed by atoms with Crippen molar-refractivity contribution in [3.8, 4) is 0 Å². The van der Waals surface area contributed by atoms with Crippen molar-refractivity contribution < 1.29 is 4.79 Å². The molecule has 1 amide bonds. The summed E-state index contributed by atoms with van der Waals surface area (Å²) in [6, 6.07) is 0.250. The van der Waals surface area contributed by atoms with Crippen LogP contribution in [0.3, 0.4) is 0 Å². The first-order chi connectivity index (χ1) is 5.98. The molecule has 1 saturated heterocycles. The molecule has 76 valence electrons. The van der Waals surface area contributed by atoms with Crippen molar-refractivity contribution in [2.75, 3.05) is 19.6 Å². The number of nitrogens with zero attached hydrogens (tertiary/aromatic N) is 1. The van der Waals surface area contributed by atoms with E-state index in [0.29, 0.717) is 0 Å². The fraction of sp³-hybridized carbons (Fsp3) is 0.900. The zero-order valence-corrected chi connectivity index (χ0v) is 9.05. The fourth-order valence-corrected chi connectivity index (χ4v) is 1.74. The first kappa shape index (κ1) is 10.5. The van der Waals surface area contributed by atoms with Gasteiger partial charge in [-0.25, -0.2) is 0 Å². The number of amides is 1. The van der Waals surface area contributed by atoms with Crippen LogP contribution in [0.2, 0.25) is 0 Å². The van der Waals surface area contributed by atoms with Crippen molar-refractivity contribution in [3.05, 3.63) is 0 Å². The molecular weight excluding hydrogens is 164 g/mol. The van der Waals surface area contributed by atoms with Crippen LogP contribution in [-0.2, 0) is 4.79 Å². The summed E-state index contributed by atoms with van der Waals surface area (Å²) >= 11 is 0. The third-order valence-electron chi connectivity index (χ3n) is 2.56. The van der Waals surface area contributed by atoms with Gasteiger partial charge in [-0.15, -0.1) is 0 Å². The number of likely N-dealkylation sites (tertiary alicyclic amines) is 1. The first-order valence-corrected chi connectivity index (χ1v) is 5.01. The summed E-state index contributed by atoms with van der Waals surface area (Å²) in [6.07, 6.45) is 0. The van der Waals surface area contributed by atoms with Gasteiger partial charge in [-0.1, -0.05) is 6.92 Å². The monoisotopic (exact) mass is 184 g/mol. The molecule has 1 N–H and O–H groups in total. The second kappa shape index (κ2) is 3.66. The summed E-state index contributed by atoms with van der Waals surface area (Å²) < 4.78 is 0. The Kier molecular flexibility index (Phi) is 2.96. The lowest BCUT2D eigenvalue weighted by Gasteiger charge is -2.46. The molecule has 0 radical (unpaired) electrons. The van der Waals surface area contributed by atoms with Crippen LogP contribution in [0.5, 0.6) is 0 Å². The Morgan fingerprint density at radius 3 is 2.46 bits per heavy atom. The maximum atomic E-state index is 11.7. The highest BCUT2D eigenvalue weighted by Gasteiger charge is 2.44. The summed E-state index contributed by atoms with van der Waals surface area (Å²) in [4.78, 5) is 14.0. The van der Waals surface area contributed by atoms with E-state index in [0.717, 1.165) is 19.6 Å². The van der Waals surface area contributed by atoms with E-state index in [1.807, 2.05) is 20.8 Å². The van der Waals surface area contributed by atoms with Gasteiger partial charge in [0.15, 0.2) is 0 Å². The van der Waals surface area contributed by atoms with E-state index in [9.17, 15) is 4.79 Å². The third-order valence-corrected chi connectivity index (χ3v) is 2.56. The molecule has 0 aliphatic carbocycles. The predicted octanol–water partition coefficient (Wildman–Crippen LogP) is 0.853. The minimum absolute atomic E-state index is 0.139. The highest BCUT2D eigenvalue weighted by molar-refractivity contribution is 5.84. The van der Waals surface area contributed by atoms with Crippen molar-refractivity contribution in [3.63, 3.8) is 0 Å². The van der Waals surface area contributed by atoms with Gasteiger partial charge in [-0.3, -0.25) is 4.79 Å². The predicted molar refractivity (Wildman–Crippen MR) is 53.5 cm³/mol.